The predicted molar refractivity (Wildman–Crippen MR) is 141 cm³/mol. The van der Waals surface area contributed by atoms with Gasteiger partial charge in [0.05, 0.1) is 41.3 Å². The number of aromatic nitrogens is 2. The number of nitro benzene ring substituents is 1. The number of likely N-dealkylation sites (tertiary alicyclic amines) is 1. The van der Waals surface area contributed by atoms with Crippen LogP contribution in [0.4, 0.5) is 20.3 Å². The van der Waals surface area contributed by atoms with Crippen LogP contribution in [0.15, 0.2) is 36.4 Å². The molecule has 3 aromatic rings. The number of anilines is 1. The number of halogens is 3. The summed E-state index contributed by atoms with van der Waals surface area (Å²) < 4.78 is 61.5. The summed E-state index contributed by atoms with van der Waals surface area (Å²) in [6.07, 6.45) is -1.82. The van der Waals surface area contributed by atoms with Crippen LogP contribution in [0.3, 0.4) is 0 Å². The number of methoxy groups -OCH3 is 1. The molecule has 0 unspecified atom stereocenters. The fourth-order valence-electron chi connectivity index (χ4n) is 4.75. The second-order valence-electron chi connectivity index (χ2n) is 9.43. The standard InChI is InChI=1S/C24H28ClF2N5O5S/c1-15(11-29-13-17(26)10-18(27)14-29)31-23-21(32(33)34)9-8-20(25)22(23)24(28-31)30(38(3,35)36)12-16-4-6-19(37-2)7-5-16/h4-9,15,17-18H,10-14H2,1-3H3/t15-,17-,18+/m0/s1. The molecule has 1 aliphatic heterocycles. The number of non-ortho nitro benzene ring substituents is 1. The van der Waals surface area contributed by atoms with E-state index in [-0.39, 0.29) is 60.0 Å². The lowest BCUT2D eigenvalue weighted by Gasteiger charge is -2.33. The Labute approximate surface area is 223 Å². The van der Waals surface area contributed by atoms with Gasteiger partial charge in [0, 0.05) is 32.1 Å². The van der Waals surface area contributed by atoms with E-state index >= 15 is 0 Å². The first-order valence-electron chi connectivity index (χ1n) is 11.8. The van der Waals surface area contributed by atoms with E-state index in [2.05, 4.69) is 5.10 Å². The summed E-state index contributed by atoms with van der Waals surface area (Å²) in [5, 5.41) is 16.7. The fourth-order valence-corrected chi connectivity index (χ4v) is 5.81. The molecule has 1 aromatic heterocycles. The maximum atomic E-state index is 14.0. The summed E-state index contributed by atoms with van der Waals surface area (Å²) in [6.45, 7) is 1.75. The number of fused-ring (bicyclic) bond motifs is 1. The molecule has 0 radical (unpaired) electrons. The van der Waals surface area contributed by atoms with E-state index < -0.39 is 33.3 Å². The van der Waals surface area contributed by atoms with Crippen LogP contribution in [-0.4, -0.2) is 73.4 Å². The summed E-state index contributed by atoms with van der Waals surface area (Å²) in [6, 6.07) is 8.69. The number of nitrogens with zero attached hydrogens (tertiary/aromatic N) is 5. The molecule has 0 aliphatic carbocycles. The van der Waals surface area contributed by atoms with Gasteiger partial charge in [0.25, 0.3) is 5.69 Å². The Morgan fingerprint density at radius 3 is 2.39 bits per heavy atom. The molecule has 2 aromatic carbocycles. The van der Waals surface area contributed by atoms with Gasteiger partial charge in [-0.3, -0.25) is 19.7 Å². The molecule has 0 saturated carbocycles. The molecule has 2 heterocycles. The molecule has 0 spiro atoms. The molecular formula is C24H28ClF2N5O5S. The lowest BCUT2D eigenvalue weighted by Crippen LogP contribution is -2.44. The summed E-state index contributed by atoms with van der Waals surface area (Å²) in [4.78, 5) is 13.0. The van der Waals surface area contributed by atoms with Gasteiger partial charge < -0.3 is 4.74 Å². The second kappa shape index (κ2) is 11.0. The van der Waals surface area contributed by atoms with Crippen molar-refractivity contribution in [2.75, 3.05) is 37.3 Å². The number of benzene rings is 2. The predicted octanol–water partition coefficient (Wildman–Crippen LogP) is 4.52. The van der Waals surface area contributed by atoms with E-state index in [4.69, 9.17) is 16.3 Å². The molecule has 38 heavy (non-hydrogen) atoms. The van der Waals surface area contributed by atoms with Crippen LogP contribution in [-0.2, 0) is 16.6 Å². The molecule has 206 valence electrons. The number of sulfonamides is 1. The second-order valence-corrected chi connectivity index (χ2v) is 11.7. The maximum absolute atomic E-state index is 14.0. The largest absolute Gasteiger partial charge is 0.497 e. The van der Waals surface area contributed by atoms with Crippen LogP contribution >= 0.6 is 11.6 Å². The Bertz CT molecular complexity index is 1430. The Kier molecular flexibility index (Phi) is 8.09. The molecule has 10 nitrogen and oxygen atoms in total. The van der Waals surface area contributed by atoms with E-state index in [0.29, 0.717) is 11.3 Å². The van der Waals surface area contributed by atoms with Gasteiger partial charge in [0.2, 0.25) is 10.0 Å². The molecule has 1 saturated heterocycles. The van der Waals surface area contributed by atoms with E-state index in [9.17, 15) is 27.3 Å². The molecule has 14 heteroatoms. The van der Waals surface area contributed by atoms with Crippen molar-refractivity contribution < 1.29 is 26.9 Å². The first-order valence-corrected chi connectivity index (χ1v) is 14.1. The van der Waals surface area contributed by atoms with Crippen LogP contribution < -0.4 is 9.04 Å². The van der Waals surface area contributed by atoms with Crippen molar-refractivity contribution in [3.8, 4) is 5.75 Å². The van der Waals surface area contributed by atoms with Gasteiger partial charge in [0.15, 0.2) is 5.82 Å². The minimum Gasteiger partial charge on any atom is -0.497 e. The Morgan fingerprint density at radius 2 is 1.84 bits per heavy atom. The lowest BCUT2D eigenvalue weighted by molar-refractivity contribution is -0.383. The summed E-state index contributed by atoms with van der Waals surface area (Å²) in [5.41, 5.74) is 0.321. The fraction of sp³-hybridized carbons (Fsp3) is 0.458. The highest BCUT2D eigenvalue weighted by Crippen LogP contribution is 2.40. The minimum atomic E-state index is -3.94. The van der Waals surface area contributed by atoms with Crippen molar-refractivity contribution in [1.29, 1.82) is 0 Å². The number of alkyl halides is 2. The number of rotatable bonds is 9. The third-order valence-corrected chi connectivity index (χ3v) is 7.86. The van der Waals surface area contributed by atoms with Crippen molar-refractivity contribution in [2.45, 2.75) is 38.3 Å². The minimum absolute atomic E-state index is 0.0204. The van der Waals surface area contributed by atoms with E-state index in [1.807, 2.05) is 0 Å². The molecule has 1 aliphatic rings. The summed E-state index contributed by atoms with van der Waals surface area (Å²) in [7, 11) is -2.43. The van der Waals surface area contributed by atoms with Crippen LogP contribution in [0.1, 0.15) is 24.9 Å². The van der Waals surface area contributed by atoms with Gasteiger partial charge in [-0.15, -0.1) is 0 Å². The third-order valence-electron chi connectivity index (χ3n) is 6.44. The van der Waals surface area contributed by atoms with Crippen molar-refractivity contribution in [1.82, 2.24) is 14.7 Å². The van der Waals surface area contributed by atoms with E-state index in [1.54, 1.807) is 36.1 Å². The molecule has 3 atom stereocenters. The smallest absolute Gasteiger partial charge is 0.295 e. The van der Waals surface area contributed by atoms with Gasteiger partial charge in [-0.25, -0.2) is 21.5 Å². The van der Waals surface area contributed by atoms with Crippen molar-refractivity contribution in [3.05, 3.63) is 57.1 Å². The lowest BCUT2D eigenvalue weighted by atomic mass is 10.1. The Hall–Kier alpha value is -3.03. The topological polar surface area (TPSA) is 111 Å². The molecule has 4 rings (SSSR count). The van der Waals surface area contributed by atoms with Crippen molar-refractivity contribution >= 4 is 44.0 Å². The average molecular weight is 572 g/mol. The highest BCUT2D eigenvalue weighted by molar-refractivity contribution is 7.92. The third kappa shape index (κ3) is 5.84. The van der Waals surface area contributed by atoms with Crippen LogP contribution in [0.2, 0.25) is 5.02 Å². The van der Waals surface area contributed by atoms with Crippen LogP contribution in [0.25, 0.3) is 10.9 Å². The van der Waals surface area contributed by atoms with E-state index in [1.165, 1.54) is 23.9 Å². The number of ether oxygens (including phenoxy) is 1. The Morgan fingerprint density at radius 1 is 1.21 bits per heavy atom. The number of nitro groups is 1. The Balaban J connectivity index is 1.84. The first-order chi connectivity index (χ1) is 17.9. The molecule has 1 fully saturated rings. The average Bonchev–Trinajstić information content (AvgIpc) is 3.22. The zero-order chi connectivity index (χ0) is 27.8. The molecular weight excluding hydrogens is 544 g/mol. The van der Waals surface area contributed by atoms with Gasteiger partial charge in [0.1, 0.15) is 23.6 Å². The quantitative estimate of drug-likeness (QED) is 0.274. The van der Waals surface area contributed by atoms with Crippen molar-refractivity contribution in [2.24, 2.45) is 0 Å². The summed E-state index contributed by atoms with van der Waals surface area (Å²) in [5.74, 6) is 0.509. The first kappa shape index (κ1) is 28.0. The summed E-state index contributed by atoms with van der Waals surface area (Å²) >= 11 is 6.50. The van der Waals surface area contributed by atoms with Crippen LogP contribution in [0, 0.1) is 10.1 Å². The monoisotopic (exact) mass is 571 g/mol. The molecule has 0 amide bonds. The zero-order valence-electron chi connectivity index (χ0n) is 21.1. The number of hydrogen-bond donors (Lipinski definition) is 0. The van der Waals surface area contributed by atoms with Crippen LogP contribution in [0.5, 0.6) is 5.75 Å². The zero-order valence-corrected chi connectivity index (χ0v) is 22.6. The van der Waals surface area contributed by atoms with Gasteiger partial charge in [-0.2, -0.15) is 5.10 Å². The molecule has 0 N–H and O–H groups in total. The van der Waals surface area contributed by atoms with Gasteiger partial charge in [-0.1, -0.05) is 23.7 Å². The molecule has 0 bridgehead atoms. The number of piperidine rings is 1. The van der Waals surface area contributed by atoms with Gasteiger partial charge >= 0.3 is 0 Å². The highest BCUT2D eigenvalue weighted by Gasteiger charge is 2.33. The number of hydrogen-bond acceptors (Lipinski definition) is 7. The normalized spacial score (nSPS) is 19.4. The van der Waals surface area contributed by atoms with Crippen molar-refractivity contribution in [3.63, 3.8) is 0 Å². The maximum Gasteiger partial charge on any atom is 0.295 e. The SMILES string of the molecule is COc1ccc(CN(c2nn([C@@H](C)CN3C[C@H](F)C[C@H](F)C3)c3c([N+](=O)[O-])ccc(Cl)c23)S(C)(=O)=O)cc1. The highest BCUT2D eigenvalue weighted by atomic mass is 35.5. The van der Waals surface area contributed by atoms with Gasteiger partial charge in [-0.05, 0) is 30.7 Å². The van der Waals surface area contributed by atoms with E-state index in [0.717, 1.165) is 10.6 Å².